The maximum absolute atomic E-state index is 12.8. The maximum atomic E-state index is 12.8. The first-order valence-electron chi connectivity index (χ1n) is 10.7. The first-order valence-corrected chi connectivity index (χ1v) is 12.2. The molecule has 0 bridgehead atoms. The van der Waals surface area contributed by atoms with E-state index < -0.39 is 10.0 Å². The number of morpholine rings is 1. The van der Waals surface area contributed by atoms with Crippen LogP contribution in [0.2, 0.25) is 0 Å². The van der Waals surface area contributed by atoms with Crippen LogP contribution in [-0.2, 0) is 14.8 Å². The molecular formula is C23H31N3O5S. The highest BCUT2D eigenvalue weighted by Crippen LogP contribution is 2.21. The van der Waals surface area contributed by atoms with Crippen LogP contribution in [0.5, 0.6) is 5.75 Å². The molecule has 0 saturated carbocycles. The maximum Gasteiger partial charge on any atom is 0.261 e. The van der Waals surface area contributed by atoms with Crippen molar-refractivity contribution in [3.63, 3.8) is 0 Å². The minimum Gasteiger partial charge on any atom is -0.494 e. The minimum atomic E-state index is -3.85. The van der Waals surface area contributed by atoms with Gasteiger partial charge in [-0.15, -0.1) is 0 Å². The second-order valence-electron chi connectivity index (χ2n) is 8.19. The van der Waals surface area contributed by atoms with E-state index in [0.29, 0.717) is 37.8 Å². The molecule has 2 aromatic carbocycles. The first-order chi connectivity index (χ1) is 15.2. The van der Waals surface area contributed by atoms with E-state index in [0.717, 1.165) is 13.1 Å². The van der Waals surface area contributed by atoms with Gasteiger partial charge in [0.2, 0.25) is 0 Å². The Morgan fingerprint density at radius 2 is 1.81 bits per heavy atom. The molecule has 1 fully saturated rings. The monoisotopic (exact) mass is 461 g/mol. The second kappa shape index (κ2) is 10.3. The minimum absolute atomic E-state index is 0.0199. The quantitative estimate of drug-likeness (QED) is 0.596. The lowest BCUT2D eigenvalue weighted by atomic mass is 10.0. The Bertz CT molecular complexity index is 1020. The number of amides is 1. The van der Waals surface area contributed by atoms with Gasteiger partial charge in [-0.05, 0) is 63.2 Å². The Balaban J connectivity index is 1.66. The number of ether oxygens (including phenoxy) is 2. The van der Waals surface area contributed by atoms with E-state index in [1.165, 1.54) is 12.1 Å². The number of carbonyl (C=O) groups excluding carboxylic acids is 1. The van der Waals surface area contributed by atoms with Gasteiger partial charge in [-0.25, -0.2) is 8.42 Å². The van der Waals surface area contributed by atoms with Gasteiger partial charge >= 0.3 is 0 Å². The Kier molecular flexibility index (Phi) is 7.76. The summed E-state index contributed by atoms with van der Waals surface area (Å²) in [5, 5.41) is 2.93. The SMILES string of the molecule is CCOc1ccc(NS(=O)(=O)c2cccc(C(=O)NCC(C)(C)N3CCOCC3)c2)cc1. The Morgan fingerprint density at radius 1 is 1.12 bits per heavy atom. The summed E-state index contributed by atoms with van der Waals surface area (Å²) in [6, 6.07) is 12.7. The first kappa shape index (κ1) is 24.0. The lowest BCUT2D eigenvalue weighted by molar-refractivity contribution is -0.00923. The number of sulfonamides is 1. The highest BCUT2D eigenvalue weighted by molar-refractivity contribution is 7.92. The van der Waals surface area contributed by atoms with Crippen LogP contribution in [0.1, 0.15) is 31.1 Å². The number of nitrogens with one attached hydrogen (secondary N) is 2. The van der Waals surface area contributed by atoms with Crippen molar-refractivity contribution >= 4 is 21.6 Å². The summed E-state index contributed by atoms with van der Waals surface area (Å²) in [5.41, 5.74) is 0.464. The summed E-state index contributed by atoms with van der Waals surface area (Å²) >= 11 is 0. The molecule has 2 aromatic rings. The molecule has 2 N–H and O–H groups in total. The van der Waals surface area contributed by atoms with E-state index in [-0.39, 0.29) is 21.9 Å². The summed E-state index contributed by atoms with van der Waals surface area (Å²) in [6.07, 6.45) is 0. The largest absolute Gasteiger partial charge is 0.494 e. The molecule has 3 rings (SSSR count). The van der Waals surface area contributed by atoms with Crippen LogP contribution in [0.25, 0.3) is 0 Å². The third kappa shape index (κ3) is 6.21. The molecular weight excluding hydrogens is 430 g/mol. The van der Waals surface area contributed by atoms with Crippen molar-refractivity contribution in [3.05, 3.63) is 54.1 Å². The zero-order chi connectivity index (χ0) is 23.2. The van der Waals surface area contributed by atoms with Crippen molar-refractivity contribution in [3.8, 4) is 5.75 Å². The highest BCUT2D eigenvalue weighted by atomic mass is 32.2. The number of hydrogen-bond acceptors (Lipinski definition) is 6. The molecule has 1 aliphatic heterocycles. The average Bonchev–Trinajstić information content (AvgIpc) is 2.79. The summed E-state index contributed by atoms with van der Waals surface area (Å²) < 4.78 is 38.9. The summed E-state index contributed by atoms with van der Waals surface area (Å²) in [7, 11) is -3.85. The number of hydrogen-bond donors (Lipinski definition) is 2. The fraction of sp³-hybridized carbons (Fsp3) is 0.435. The number of benzene rings is 2. The molecule has 8 nitrogen and oxygen atoms in total. The van der Waals surface area contributed by atoms with Crippen molar-refractivity contribution in [2.75, 3.05) is 44.2 Å². The molecule has 1 amide bonds. The van der Waals surface area contributed by atoms with E-state index in [4.69, 9.17) is 9.47 Å². The van der Waals surface area contributed by atoms with Crippen LogP contribution in [0.4, 0.5) is 5.69 Å². The molecule has 0 unspecified atom stereocenters. The third-order valence-electron chi connectivity index (χ3n) is 5.37. The predicted molar refractivity (Wildman–Crippen MR) is 124 cm³/mol. The number of rotatable bonds is 9. The fourth-order valence-electron chi connectivity index (χ4n) is 3.48. The lowest BCUT2D eigenvalue weighted by Crippen LogP contribution is -2.55. The van der Waals surface area contributed by atoms with Crippen molar-refractivity contribution in [2.24, 2.45) is 0 Å². The topological polar surface area (TPSA) is 97.0 Å². The molecule has 0 aromatic heterocycles. The van der Waals surface area contributed by atoms with Gasteiger partial charge in [-0.1, -0.05) is 6.07 Å². The van der Waals surface area contributed by atoms with Crippen molar-refractivity contribution in [1.29, 1.82) is 0 Å². The van der Waals surface area contributed by atoms with Crippen LogP contribution >= 0.6 is 0 Å². The Labute approximate surface area is 190 Å². The molecule has 1 aliphatic rings. The van der Waals surface area contributed by atoms with Crippen molar-refractivity contribution < 1.29 is 22.7 Å². The van der Waals surface area contributed by atoms with Crippen LogP contribution in [0, 0.1) is 0 Å². The van der Waals surface area contributed by atoms with Gasteiger partial charge in [0.25, 0.3) is 15.9 Å². The third-order valence-corrected chi connectivity index (χ3v) is 6.75. The zero-order valence-corrected chi connectivity index (χ0v) is 19.6. The van der Waals surface area contributed by atoms with Gasteiger partial charge in [0, 0.05) is 36.4 Å². The lowest BCUT2D eigenvalue weighted by Gasteiger charge is -2.40. The normalized spacial score (nSPS) is 15.2. The molecule has 1 heterocycles. The predicted octanol–water partition coefficient (Wildman–Crippen LogP) is 2.73. The number of nitrogens with zero attached hydrogens (tertiary/aromatic N) is 1. The zero-order valence-electron chi connectivity index (χ0n) is 18.8. The Hall–Kier alpha value is -2.62. The van der Waals surface area contributed by atoms with Crippen LogP contribution in [0.15, 0.2) is 53.4 Å². The summed E-state index contributed by atoms with van der Waals surface area (Å²) in [5.74, 6) is 0.346. The van der Waals surface area contributed by atoms with Crippen molar-refractivity contribution in [1.82, 2.24) is 10.2 Å². The van der Waals surface area contributed by atoms with Crippen LogP contribution in [0.3, 0.4) is 0 Å². The van der Waals surface area contributed by atoms with Gasteiger partial charge in [0.1, 0.15) is 5.75 Å². The van der Waals surface area contributed by atoms with E-state index >= 15 is 0 Å². The Morgan fingerprint density at radius 3 is 2.47 bits per heavy atom. The number of carbonyl (C=O) groups is 1. The highest BCUT2D eigenvalue weighted by Gasteiger charge is 2.28. The molecule has 0 aliphatic carbocycles. The van der Waals surface area contributed by atoms with Gasteiger partial charge in [0.05, 0.1) is 24.7 Å². The number of anilines is 1. The molecule has 9 heteroatoms. The summed E-state index contributed by atoms with van der Waals surface area (Å²) in [6.45, 7) is 9.97. The van der Waals surface area contributed by atoms with E-state index in [9.17, 15) is 13.2 Å². The van der Waals surface area contributed by atoms with E-state index in [2.05, 4.69) is 28.8 Å². The molecule has 0 radical (unpaired) electrons. The van der Waals surface area contributed by atoms with E-state index in [1.54, 1.807) is 36.4 Å². The van der Waals surface area contributed by atoms with Gasteiger partial charge in [-0.2, -0.15) is 0 Å². The van der Waals surface area contributed by atoms with Gasteiger partial charge in [-0.3, -0.25) is 14.4 Å². The van der Waals surface area contributed by atoms with Crippen LogP contribution in [-0.4, -0.2) is 64.2 Å². The average molecular weight is 462 g/mol. The second-order valence-corrected chi connectivity index (χ2v) is 9.87. The smallest absolute Gasteiger partial charge is 0.261 e. The molecule has 0 spiro atoms. The van der Waals surface area contributed by atoms with Crippen molar-refractivity contribution in [2.45, 2.75) is 31.2 Å². The molecule has 174 valence electrons. The fourth-order valence-corrected chi connectivity index (χ4v) is 4.59. The molecule has 32 heavy (non-hydrogen) atoms. The van der Waals surface area contributed by atoms with Crippen LogP contribution < -0.4 is 14.8 Å². The van der Waals surface area contributed by atoms with Gasteiger partial charge < -0.3 is 14.8 Å². The standard InChI is InChI=1S/C23H31N3O5S/c1-4-31-20-10-8-19(9-11-20)25-32(28,29)21-7-5-6-18(16-21)22(27)24-17-23(2,3)26-12-14-30-15-13-26/h5-11,16,25H,4,12-15,17H2,1-3H3,(H,24,27). The van der Waals surface area contributed by atoms with E-state index in [1.807, 2.05) is 6.92 Å². The molecule has 1 saturated heterocycles. The molecule has 0 atom stereocenters. The van der Waals surface area contributed by atoms with Gasteiger partial charge in [0.15, 0.2) is 0 Å². The summed E-state index contributed by atoms with van der Waals surface area (Å²) in [4.78, 5) is 15.0.